The topological polar surface area (TPSA) is 46.3 Å². The third-order valence-electron chi connectivity index (χ3n) is 5.41. The second kappa shape index (κ2) is 9.54. The van der Waals surface area contributed by atoms with Crippen LogP contribution in [0, 0.1) is 11.3 Å². The molecule has 1 aliphatic rings. The van der Waals surface area contributed by atoms with Crippen LogP contribution in [-0.4, -0.2) is 36.4 Å². The molecule has 0 saturated carbocycles. The number of rotatable bonds is 7. The zero-order valence-electron chi connectivity index (χ0n) is 16.2. The standard InChI is InChI=1S/C21H32Cl2N2O/c1-21(2,3)20(24)14-25-8-6-15(7-9-25)12-19(26)5-4-16-10-17(22)13-18(23)11-16/h10-11,13,15,20H,4-9,12,14,24H2,1-3H3. The normalized spacial score (nSPS) is 18.1. The number of halogens is 2. The van der Waals surface area contributed by atoms with Crippen molar-refractivity contribution in [2.24, 2.45) is 17.1 Å². The molecule has 3 nitrogen and oxygen atoms in total. The molecule has 1 aromatic carbocycles. The van der Waals surface area contributed by atoms with E-state index in [9.17, 15) is 4.79 Å². The van der Waals surface area contributed by atoms with E-state index in [1.54, 1.807) is 6.07 Å². The molecule has 0 aliphatic carbocycles. The number of Topliss-reactive ketones (excluding diaryl/α,β-unsaturated/α-hetero) is 1. The predicted octanol–water partition coefficient (Wildman–Crippen LogP) is 4.97. The highest BCUT2D eigenvalue weighted by Gasteiger charge is 2.26. The maximum Gasteiger partial charge on any atom is 0.133 e. The van der Waals surface area contributed by atoms with Crippen molar-refractivity contribution in [1.82, 2.24) is 4.90 Å². The fourth-order valence-electron chi connectivity index (χ4n) is 3.39. The van der Waals surface area contributed by atoms with Crippen molar-refractivity contribution in [3.63, 3.8) is 0 Å². The number of nitrogens with two attached hydrogens (primary N) is 1. The number of likely N-dealkylation sites (tertiary alicyclic amines) is 1. The van der Waals surface area contributed by atoms with Crippen LogP contribution in [-0.2, 0) is 11.2 Å². The van der Waals surface area contributed by atoms with Crippen molar-refractivity contribution in [1.29, 1.82) is 0 Å². The van der Waals surface area contributed by atoms with Crippen LogP contribution in [0.15, 0.2) is 18.2 Å². The molecule has 1 atom stereocenters. The van der Waals surface area contributed by atoms with Gasteiger partial charge in [-0.3, -0.25) is 4.79 Å². The molecule has 1 aliphatic heterocycles. The molecule has 0 radical (unpaired) electrons. The van der Waals surface area contributed by atoms with Crippen LogP contribution in [0.3, 0.4) is 0 Å². The van der Waals surface area contributed by atoms with Gasteiger partial charge in [0.1, 0.15) is 5.78 Å². The minimum absolute atomic E-state index is 0.135. The summed E-state index contributed by atoms with van der Waals surface area (Å²) >= 11 is 12.0. The van der Waals surface area contributed by atoms with Gasteiger partial charge in [-0.05, 0) is 67.4 Å². The van der Waals surface area contributed by atoms with Crippen LogP contribution in [0.1, 0.15) is 52.0 Å². The van der Waals surface area contributed by atoms with Gasteiger partial charge >= 0.3 is 0 Å². The number of hydrogen-bond acceptors (Lipinski definition) is 3. The van der Waals surface area contributed by atoms with E-state index in [2.05, 4.69) is 25.7 Å². The van der Waals surface area contributed by atoms with Gasteiger partial charge in [-0.15, -0.1) is 0 Å². The molecule has 5 heteroatoms. The zero-order valence-corrected chi connectivity index (χ0v) is 17.7. The highest BCUT2D eigenvalue weighted by Crippen LogP contribution is 2.25. The third-order valence-corrected chi connectivity index (χ3v) is 5.84. The van der Waals surface area contributed by atoms with Crippen molar-refractivity contribution >= 4 is 29.0 Å². The predicted molar refractivity (Wildman–Crippen MR) is 111 cm³/mol. The highest BCUT2D eigenvalue weighted by molar-refractivity contribution is 6.34. The molecule has 1 unspecified atom stereocenters. The maximum absolute atomic E-state index is 12.3. The minimum Gasteiger partial charge on any atom is -0.326 e. The first-order valence-electron chi connectivity index (χ1n) is 9.58. The van der Waals surface area contributed by atoms with E-state index >= 15 is 0 Å². The van der Waals surface area contributed by atoms with Gasteiger partial charge in [0.05, 0.1) is 0 Å². The van der Waals surface area contributed by atoms with Crippen LogP contribution in [0.5, 0.6) is 0 Å². The summed E-state index contributed by atoms with van der Waals surface area (Å²) in [4.78, 5) is 14.8. The minimum atomic E-state index is 0.135. The summed E-state index contributed by atoms with van der Waals surface area (Å²) in [6, 6.07) is 5.67. The first-order chi connectivity index (χ1) is 12.1. The first kappa shape index (κ1) is 21.7. The number of carbonyl (C=O) groups is 1. The van der Waals surface area contributed by atoms with E-state index in [0.29, 0.717) is 41.0 Å². The average Bonchev–Trinajstić information content (AvgIpc) is 2.53. The van der Waals surface area contributed by atoms with Gasteiger partial charge in [-0.25, -0.2) is 0 Å². The molecule has 26 heavy (non-hydrogen) atoms. The van der Waals surface area contributed by atoms with Crippen LogP contribution >= 0.6 is 23.2 Å². The van der Waals surface area contributed by atoms with Crippen molar-refractivity contribution in [2.45, 2.75) is 58.9 Å². The molecule has 2 N–H and O–H groups in total. The van der Waals surface area contributed by atoms with Crippen molar-refractivity contribution in [2.75, 3.05) is 19.6 Å². The summed E-state index contributed by atoms with van der Waals surface area (Å²) in [5.74, 6) is 0.846. The average molecular weight is 399 g/mol. The number of piperidine rings is 1. The lowest BCUT2D eigenvalue weighted by atomic mass is 9.85. The van der Waals surface area contributed by atoms with Gasteiger partial charge in [0.2, 0.25) is 0 Å². The van der Waals surface area contributed by atoms with Crippen LogP contribution < -0.4 is 5.73 Å². The number of aryl methyl sites for hydroxylation is 1. The van der Waals surface area contributed by atoms with E-state index in [-0.39, 0.29) is 11.5 Å². The summed E-state index contributed by atoms with van der Waals surface area (Å²) in [6.45, 7) is 9.61. The number of nitrogens with zero attached hydrogens (tertiary/aromatic N) is 1. The van der Waals surface area contributed by atoms with Gasteiger partial charge in [-0.2, -0.15) is 0 Å². The Kier molecular flexibility index (Phi) is 7.96. The highest BCUT2D eigenvalue weighted by atomic mass is 35.5. The molecular formula is C21H32Cl2N2O. The fraction of sp³-hybridized carbons (Fsp3) is 0.667. The lowest BCUT2D eigenvalue weighted by Gasteiger charge is -2.36. The molecule has 0 spiro atoms. The summed E-state index contributed by atoms with van der Waals surface area (Å²) in [6.07, 6.45) is 4.13. The van der Waals surface area contributed by atoms with Crippen molar-refractivity contribution < 1.29 is 4.79 Å². The molecule has 1 saturated heterocycles. The first-order valence-corrected chi connectivity index (χ1v) is 10.3. The molecule has 1 aromatic rings. The SMILES string of the molecule is CC(C)(C)C(N)CN1CCC(CC(=O)CCc2cc(Cl)cc(Cl)c2)CC1. The monoisotopic (exact) mass is 398 g/mol. The molecule has 1 heterocycles. The van der Waals surface area contributed by atoms with Crippen LogP contribution in [0.25, 0.3) is 0 Å². The fourth-order valence-corrected chi connectivity index (χ4v) is 3.96. The lowest BCUT2D eigenvalue weighted by molar-refractivity contribution is -0.120. The number of carbonyl (C=O) groups excluding carboxylic acids is 1. The van der Waals surface area contributed by atoms with Gasteiger partial charge in [0.25, 0.3) is 0 Å². The molecule has 0 amide bonds. The largest absolute Gasteiger partial charge is 0.326 e. The van der Waals surface area contributed by atoms with Gasteiger partial charge < -0.3 is 10.6 Å². The van der Waals surface area contributed by atoms with Crippen LogP contribution in [0.2, 0.25) is 10.0 Å². The summed E-state index contributed by atoms with van der Waals surface area (Å²) in [5, 5.41) is 1.25. The third kappa shape index (κ3) is 7.19. The summed E-state index contributed by atoms with van der Waals surface area (Å²) in [7, 11) is 0. The zero-order chi connectivity index (χ0) is 19.3. The Morgan fingerprint density at radius 2 is 1.77 bits per heavy atom. The van der Waals surface area contributed by atoms with Crippen molar-refractivity contribution in [3.05, 3.63) is 33.8 Å². The Morgan fingerprint density at radius 1 is 1.19 bits per heavy atom. The lowest BCUT2D eigenvalue weighted by Crippen LogP contribution is -2.47. The van der Waals surface area contributed by atoms with E-state index in [4.69, 9.17) is 28.9 Å². The summed E-state index contributed by atoms with van der Waals surface area (Å²) in [5.41, 5.74) is 7.46. The Hall–Kier alpha value is -0.610. The molecule has 2 rings (SSSR count). The Morgan fingerprint density at radius 3 is 2.31 bits per heavy atom. The molecular weight excluding hydrogens is 367 g/mol. The second-order valence-electron chi connectivity index (χ2n) is 8.74. The van der Waals surface area contributed by atoms with Gasteiger partial charge in [-0.1, -0.05) is 44.0 Å². The van der Waals surface area contributed by atoms with Gasteiger partial charge in [0.15, 0.2) is 0 Å². The van der Waals surface area contributed by atoms with E-state index in [1.165, 1.54) is 0 Å². The Balaban J connectivity index is 1.71. The van der Waals surface area contributed by atoms with E-state index < -0.39 is 0 Å². The molecule has 0 aromatic heterocycles. The van der Waals surface area contributed by atoms with E-state index in [0.717, 1.165) is 38.0 Å². The van der Waals surface area contributed by atoms with Crippen molar-refractivity contribution in [3.8, 4) is 0 Å². The van der Waals surface area contributed by atoms with Crippen LogP contribution in [0.4, 0.5) is 0 Å². The smallest absolute Gasteiger partial charge is 0.133 e. The quantitative estimate of drug-likeness (QED) is 0.704. The molecule has 146 valence electrons. The van der Waals surface area contributed by atoms with Gasteiger partial charge in [0, 0.05) is 35.5 Å². The number of hydrogen-bond donors (Lipinski definition) is 1. The second-order valence-corrected chi connectivity index (χ2v) is 9.61. The summed E-state index contributed by atoms with van der Waals surface area (Å²) < 4.78 is 0. The maximum atomic E-state index is 12.3. The molecule has 1 fully saturated rings. The number of benzene rings is 1. The Labute approximate surface area is 168 Å². The molecule has 0 bridgehead atoms. The van der Waals surface area contributed by atoms with E-state index in [1.807, 2.05) is 12.1 Å². The number of ketones is 1. The Bertz CT molecular complexity index is 584.